The van der Waals surface area contributed by atoms with Gasteiger partial charge in [0.2, 0.25) is 11.8 Å². The van der Waals surface area contributed by atoms with Crippen LogP contribution in [0, 0.1) is 0 Å². The summed E-state index contributed by atoms with van der Waals surface area (Å²) >= 11 is 6.53. The number of rotatable bonds is 3. The van der Waals surface area contributed by atoms with Crippen LogP contribution in [0.4, 0.5) is 11.4 Å². The van der Waals surface area contributed by atoms with Gasteiger partial charge >= 0.3 is 0 Å². The quantitative estimate of drug-likeness (QED) is 0.571. The fraction of sp³-hybridized carbons (Fsp3) is 0.176. The monoisotopic (exact) mass is 472 g/mol. The Hall–Kier alpha value is -2.06. The van der Waals surface area contributed by atoms with Gasteiger partial charge in [-0.3, -0.25) is 9.59 Å². The van der Waals surface area contributed by atoms with Crippen LogP contribution in [0.1, 0.15) is 13.8 Å². The molecule has 2 rings (SSSR count). The van der Waals surface area contributed by atoms with Crippen molar-refractivity contribution in [1.82, 2.24) is 0 Å². The summed E-state index contributed by atoms with van der Waals surface area (Å²) in [4.78, 5) is 21.4. The Labute approximate surface area is 162 Å². The molecular weight excluding hydrogens is 456 g/mol. The van der Waals surface area contributed by atoms with Crippen LogP contribution in [0.2, 0.25) is 0 Å². The van der Waals surface area contributed by atoms with E-state index < -0.39 is 0 Å². The Morgan fingerprint density at radius 2 is 1.40 bits per heavy atom. The number of aromatic hydroxyl groups is 1. The summed E-state index contributed by atoms with van der Waals surface area (Å²) in [5.74, 6) is 0.395. The SMILES string of the molecule is CC(=O)Nc1cc(Br)ccc1O.COc1ccc(Br)cc1NC(C)=O. The van der Waals surface area contributed by atoms with Crippen molar-refractivity contribution in [2.75, 3.05) is 17.7 Å². The van der Waals surface area contributed by atoms with Gasteiger partial charge in [0.05, 0.1) is 18.5 Å². The molecule has 0 aliphatic rings. The number of anilines is 2. The first-order valence-electron chi connectivity index (χ1n) is 7.10. The van der Waals surface area contributed by atoms with Crippen molar-refractivity contribution in [2.24, 2.45) is 0 Å². The predicted molar refractivity (Wildman–Crippen MR) is 105 cm³/mol. The second-order valence-electron chi connectivity index (χ2n) is 4.87. The lowest BCUT2D eigenvalue weighted by molar-refractivity contribution is -0.115. The number of methoxy groups -OCH3 is 1. The Bertz CT molecular complexity index is 766. The second-order valence-corrected chi connectivity index (χ2v) is 6.70. The number of halogens is 2. The molecule has 0 aromatic heterocycles. The van der Waals surface area contributed by atoms with Gasteiger partial charge < -0.3 is 20.5 Å². The van der Waals surface area contributed by atoms with E-state index in [0.717, 1.165) is 8.95 Å². The lowest BCUT2D eigenvalue weighted by atomic mass is 10.3. The average Bonchev–Trinajstić information content (AvgIpc) is 2.51. The highest BCUT2D eigenvalue weighted by Gasteiger charge is 2.04. The van der Waals surface area contributed by atoms with Crippen LogP contribution < -0.4 is 15.4 Å². The van der Waals surface area contributed by atoms with Gasteiger partial charge in [0.25, 0.3) is 0 Å². The standard InChI is InChI=1S/C9H10BrNO2.C8H8BrNO2/c1-6(12)11-8-5-7(10)3-4-9(8)13-2;1-5(11)10-7-4-6(9)2-3-8(7)12/h3-5H,1-2H3,(H,11,12);2-4,12H,1H3,(H,10,11). The first kappa shape index (κ1) is 21.0. The maximum Gasteiger partial charge on any atom is 0.221 e. The second kappa shape index (κ2) is 10.0. The molecule has 0 unspecified atom stereocenters. The first-order valence-corrected chi connectivity index (χ1v) is 8.68. The molecule has 0 atom stereocenters. The molecule has 6 nitrogen and oxygen atoms in total. The Kier molecular flexibility index (Phi) is 8.44. The molecule has 0 aliphatic carbocycles. The van der Waals surface area contributed by atoms with Gasteiger partial charge in [-0.1, -0.05) is 31.9 Å². The number of benzene rings is 2. The number of amides is 2. The van der Waals surface area contributed by atoms with E-state index in [1.54, 1.807) is 31.4 Å². The van der Waals surface area contributed by atoms with E-state index >= 15 is 0 Å². The van der Waals surface area contributed by atoms with Crippen molar-refractivity contribution in [3.05, 3.63) is 45.3 Å². The zero-order chi connectivity index (χ0) is 19.0. The van der Waals surface area contributed by atoms with Gasteiger partial charge in [0.1, 0.15) is 11.5 Å². The third-order valence-corrected chi connectivity index (χ3v) is 3.73. The van der Waals surface area contributed by atoms with Crippen molar-refractivity contribution in [2.45, 2.75) is 13.8 Å². The van der Waals surface area contributed by atoms with Crippen molar-refractivity contribution in [1.29, 1.82) is 0 Å². The Balaban J connectivity index is 0.000000251. The van der Waals surface area contributed by atoms with E-state index in [1.807, 2.05) is 6.07 Å². The minimum atomic E-state index is -0.205. The molecular formula is C17H18Br2N2O4. The molecule has 0 bridgehead atoms. The maximum absolute atomic E-state index is 10.8. The van der Waals surface area contributed by atoms with Gasteiger partial charge in [0, 0.05) is 22.8 Å². The maximum atomic E-state index is 10.8. The fourth-order valence-corrected chi connectivity index (χ4v) is 2.49. The average molecular weight is 474 g/mol. The molecule has 0 saturated carbocycles. The van der Waals surface area contributed by atoms with Gasteiger partial charge in [-0.2, -0.15) is 0 Å². The predicted octanol–water partition coefficient (Wildman–Crippen LogP) is 4.53. The first-order chi connectivity index (χ1) is 11.7. The largest absolute Gasteiger partial charge is 0.506 e. The highest BCUT2D eigenvalue weighted by atomic mass is 79.9. The Morgan fingerprint density at radius 1 is 0.920 bits per heavy atom. The fourth-order valence-electron chi connectivity index (χ4n) is 1.77. The van der Waals surface area contributed by atoms with Crippen LogP contribution in [0.15, 0.2) is 45.3 Å². The molecule has 0 aliphatic heterocycles. The van der Waals surface area contributed by atoms with Crippen LogP contribution in [0.25, 0.3) is 0 Å². The lowest BCUT2D eigenvalue weighted by Gasteiger charge is -2.08. The van der Waals surface area contributed by atoms with Crippen molar-refractivity contribution in [3.8, 4) is 11.5 Å². The highest BCUT2D eigenvalue weighted by Crippen LogP contribution is 2.28. The third-order valence-electron chi connectivity index (χ3n) is 2.74. The highest BCUT2D eigenvalue weighted by molar-refractivity contribution is 9.10. The van der Waals surface area contributed by atoms with E-state index in [-0.39, 0.29) is 17.6 Å². The molecule has 8 heteroatoms. The van der Waals surface area contributed by atoms with Gasteiger partial charge in [0.15, 0.2) is 0 Å². The van der Waals surface area contributed by atoms with Crippen molar-refractivity contribution < 1.29 is 19.4 Å². The summed E-state index contributed by atoms with van der Waals surface area (Å²) in [6.07, 6.45) is 0. The summed E-state index contributed by atoms with van der Waals surface area (Å²) in [5, 5.41) is 14.4. The van der Waals surface area contributed by atoms with Gasteiger partial charge in [-0.15, -0.1) is 0 Å². The molecule has 2 aromatic rings. The van der Waals surface area contributed by atoms with E-state index in [2.05, 4.69) is 42.5 Å². The molecule has 2 amide bonds. The molecule has 0 heterocycles. The molecule has 0 saturated heterocycles. The van der Waals surface area contributed by atoms with E-state index in [0.29, 0.717) is 17.1 Å². The van der Waals surface area contributed by atoms with Crippen LogP contribution in [-0.4, -0.2) is 24.0 Å². The minimum absolute atomic E-state index is 0.0633. The number of ether oxygens (including phenoxy) is 1. The summed E-state index contributed by atoms with van der Waals surface area (Å²) in [6.45, 7) is 2.85. The normalized spacial score (nSPS) is 9.48. The summed E-state index contributed by atoms with van der Waals surface area (Å²) in [6, 6.07) is 10.3. The van der Waals surface area contributed by atoms with E-state index in [9.17, 15) is 14.7 Å². The summed E-state index contributed by atoms with van der Waals surface area (Å²) in [7, 11) is 1.56. The molecule has 0 fully saturated rings. The number of phenolic OH excluding ortho intramolecular Hbond substituents is 1. The molecule has 2 aromatic carbocycles. The van der Waals surface area contributed by atoms with E-state index in [4.69, 9.17) is 4.74 Å². The Morgan fingerprint density at radius 3 is 1.92 bits per heavy atom. The number of hydrogen-bond acceptors (Lipinski definition) is 4. The summed E-state index contributed by atoms with van der Waals surface area (Å²) in [5.41, 5.74) is 1.08. The number of carbonyl (C=O) groups excluding carboxylic acids is 2. The summed E-state index contributed by atoms with van der Waals surface area (Å²) < 4.78 is 6.78. The van der Waals surface area contributed by atoms with Crippen LogP contribution in [-0.2, 0) is 9.59 Å². The van der Waals surface area contributed by atoms with Crippen LogP contribution in [0.3, 0.4) is 0 Å². The number of nitrogens with one attached hydrogen (secondary N) is 2. The zero-order valence-electron chi connectivity index (χ0n) is 13.9. The van der Waals surface area contributed by atoms with E-state index in [1.165, 1.54) is 19.9 Å². The smallest absolute Gasteiger partial charge is 0.221 e. The zero-order valence-corrected chi connectivity index (χ0v) is 17.1. The molecule has 3 N–H and O–H groups in total. The molecule has 0 radical (unpaired) electrons. The number of carbonyl (C=O) groups is 2. The topological polar surface area (TPSA) is 87.7 Å². The number of hydrogen-bond donors (Lipinski definition) is 3. The molecule has 134 valence electrons. The van der Waals surface area contributed by atoms with Crippen molar-refractivity contribution in [3.63, 3.8) is 0 Å². The van der Waals surface area contributed by atoms with Gasteiger partial charge in [-0.25, -0.2) is 0 Å². The minimum Gasteiger partial charge on any atom is -0.506 e. The van der Waals surface area contributed by atoms with Gasteiger partial charge in [-0.05, 0) is 36.4 Å². The van der Waals surface area contributed by atoms with Crippen LogP contribution in [0.5, 0.6) is 11.5 Å². The van der Waals surface area contributed by atoms with Crippen molar-refractivity contribution >= 4 is 55.0 Å². The molecule has 0 spiro atoms. The van der Waals surface area contributed by atoms with Crippen LogP contribution >= 0.6 is 31.9 Å². The number of phenols is 1. The third kappa shape index (κ3) is 7.57. The molecule has 25 heavy (non-hydrogen) atoms. The lowest BCUT2D eigenvalue weighted by Crippen LogP contribution is -2.06.